The van der Waals surface area contributed by atoms with Gasteiger partial charge in [-0.3, -0.25) is 4.79 Å². The molecule has 6 nitrogen and oxygen atoms in total. The predicted molar refractivity (Wildman–Crippen MR) is 68.3 cm³/mol. The molecule has 1 rings (SSSR count). The van der Waals surface area contributed by atoms with Crippen molar-refractivity contribution in [2.24, 2.45) is 0 Å². The van der Waals surface area contributed by atoms with E-state index < -0.39 is 11.9 Å². The van der Waals surface area contributed by atoms with Gasteiger partial charge in [0.1, 0.15) is 0 Å². The molecule has 0 aromatic heterocycles. The van der Waals surface area contributed by atoms with Gasteiger partial charge in [0.15, 0.2) is 5.76 Å². The van der Waals surface area contributed by atoms with Crippen LogP contribution >= 0.6 is 0 Å². The Morgan fingerprint density at radius 1 is 1.00 bits per heavy atom. The Hall–Kier alpha value is -2.50. The van der Waals surface area contributed by atoms with Gasteiger partial charge in [0, 0.05) is 12.5 Å². The van der Waals surface area contributed by atoms with E-state index in [1.807, 2.05) is 6.07 Å². The number of hydrogen-bond acceptors (Lipinski definition) is 4. The lowest BCUT2D eigenvalue weighted by molar-refractivity contribution is -0.136. The Labute approximate surface area is 110 Å². The zero-order valence-electron chi connectivity index (χ0n) is 10.9. The van der Waals surface area contributed by atoms with Crippen LogP contribution in [0.3, 0.4) is 0 Å². The second-order valence-corrected chi connectivity index (χ2v) is 3.26. The molecule has 1 aromatic rings. The number of ether oxygens (including phenoxy) is 2. The predicted octanol–water partition coefficient (Wildman–Crippen LogP) is 1.82. The fraction of sp³-hybridized carbons (Fsp3) is 0.231. The highest BCUT2D eigenvalue weighted by atomic mass is 16.5. The molecule has 0 heterocycles. The van der Waals surface area contributed by atoms with Gasteiger partial charge in [-0.25, -0.2) is 4.79 Å². The summed E-state index contributed by atoms with van der Waals surface area (Å²) < 4.78 is 9.80. The normalized spacial score (nSPS) is 10.5. The summed E-state index contributed by atoms with van der Waals surface area (Å²) in [6.07, 6.45) is 0. The van der Waals surface area contributed by atoms with E-state index in [1.165, 1.54) is 14.2 Å². The van der Waals surface area contributed by atoms with Crippen LogP contribution in [0.1, 0.15) is 12.5 Å². The van der Waals surface area contributed by atoms with Crippen molar-refractivity contribution in [3.05, 3.63) is 41.7 Å². The molecule has 2 N–H and O–H groups in total. The molecule has 0 aliphatic carbocycles. The van der Waals surface area contributed by atoms with Crippen LogP contribution < -0.4 is 0 Å². The smallest absolute Gasteiger partial charge is 0.375 e. The highest BCUT2D eigenvalue weighted by Crippen LogP contribution is 2.19. The summed E-state index contributed by atoms with van der Waals surface area (Å²) >= 11 is 0. The van der Waals surface area contributed by atoms with Gasteiger partial charge < -0.3 is 19.7 Å². The number of rotatable bonds is 4. The van der Waals surface area contributed by atoms with Crippen molar-refractivity contribution in [1.29, 1.82) is 0 Å². The van der Waals surface area contributed by atoms with E-state index in [0.717, 1.165) is 6.92 Å². The molecule has 104 valence electrons. The van der Waals surface area contributed by atoms with Gasteiger partial charge in [-0.1, -0.05) is 30.3 Å². The molecule has 0 aliphatic rings. The van der Waals surface area contributed by atoms with Crippen LogP contribution in [0.5, 0.6) is 0 Å². The molecule has 0 bridgehead atoms. The van der Waals surface area contributed by atoms with E-state index in [9.17, 15) is 4.79 Å². The van der Waals surface area contributed by atoms with Crippen LogP contribution in [0.2, 0.25) is 0 Å². The monoisotopic (exact) mass is 268 g/mol. The topological polar surface area (TPSA) is 93.1 Å². The van der Waals surface area contributed by atoms with Gasteiger partial charge >= 0.3 is 5.97 Å². The molecule has 19 heavy (non-hydrogen) atoms. The van der Waals surface area contributed by atoms with E-state index >= 15 is 0 Å². The van der Waals surface area contributed by atoms with Gasteiger partial charge in [0.05, 0.1) is 14.2 Å². The van der Waals surface area contributed by atoms with Gasteiger partial charge in [0.2, 0.25) is 5.76 Å². The summed E-state index contributed by atoms with van der Waals surface area (Å²) in [5.41, 5.74) is 0.666. The van der Waals surface area contributed by atoms with Gasteiger partial charge in [0.25, 0.3) is 5.97 Å². The fourth-order valence-electron chi connectivity index (χ4n) is 1.21. The third kappa shape index (κ3) is 6.11. The Morgan fingerprint density at radius 2 is 1.47 bits per heavy atom. The van der Waals surface area contributed by atoms with E-state index in [4.69, 9.17) is 24.5 Å². The number of aliphatic carboxylic acids is 2. The summed E-state index contributed by atoms with van der Waals surface area (Å²) in [6.45, 7) is 1.08. The van der Waals surface area contributed by atoms with Gasteiger partial charge in [-0.05, 0) is 0 Å². The van der Waals surface area contributed by atoms with E-state index in [1.54, 1.807) is 24.3 Å². The number of carboxylic acid groups (broad SMARTS) is 2. The van der Waals surface area contributed by atoms with Gasteiger partial charge in [-0.2, -0.15) is 0 Å². The molecule has 0 radical (unpaired) electrons. The number of hydrogen-bond donors (Lipinski definition) is 2. The number of benzene rings is 1. The van der Waals surface area contributed by atoms with Crippen LogP contribution in [0, 0.1) is 0 Å². The largest absolute Gasteiger partial charge is 0.492 e. The Morgan fingerprint density at radius 3 is 1.79 bits per heavy atom. The molecule has 0 fully saturated rings. The van der Waals surface area contributed by atoms with E-state index in [2.05, 4.69) is 0 Å². The summed E-state index contributed by atoms with van der Waals surface area (Å²) in [4.78, 5) is 19.8. The van der Waals surface area contributed by atoms with Gasteiger partial charge in [-0.15, -0.1) is 0 Å². The maximum atomic E-state index is 10.8. The van der Waals surface area contributed by atoms with Crippen molar-refractivity contribution >= 4 is 17.7 Å². The average Bonchev–Trinajstić information content (AvgIpc) is 2.35. The van der Waals surface area contributed by atoms with Crippen LogP contribution in [0.4, 0.5) is 0 Å². The van der Waals surface area contributed by atoms with Crippen molar-refractivity contribution in [2.45, 2.75) is 6.92 Å². The molecular weight excluding hydrogens is 252 g/mol. The molecule has 0 saturated carbocycles. The van der Waals surface area contributed by atoms with Crippen molar-refractivity contribution in [2.75, 3.05) is 14.2 Å². The lowest BCUT2D eigenvalue weighted by Gasteiger charge is -2.09. The highest BCUT2D eigenvalue weighted by Gasteiger charge is 2.17. The number of carboxylic acids is 2. The maximum Gasteiger partial charge on any atom is 0.375 e. The minimum Gasteiger partial charge on any atom is -0.492 e. The third-order valence-corrected chi connectivity index (χ3v) is 1.84. The number of carbonyl (C=O) groups is 2. The van der Waals surface area contributed by atoms with Crippen LogP contribution in [-0.2, 0) is 19.1 Å². The SMILES string of the molecule is CC(=O)O.COC(C(=O)O)=C(OC)c1ccccc1. The second-order valence-electron chi connectivity index (χ2n) is 3.26. The van der Waals surface area contributed by atoms with Crippen LogP contribution in [0.25, 0.3) is 5.76 Å². The standard InChI is InChI=1S/C11H12O4.C2H4O2/c1-14-9(10(15-2)11(12)13)8-6-4-3-5-7-8;1-2(3)4/h3-7H,1-2H3,(H,12,13);1H3,(H,3,4). The third-order valence-electron chi connectivity index (χ3n) is 1.84. The summed E-state index contributed by atoms with van der Waals surface area (Å²) in [6, 6.07) is 8.93. The Bertz CT molecular complexity index is 445. The molecule has 0 atom stereocenters. The Balaban J connectivity index is 0.000000711. The molecule has 0 spiro atoms. The molecule has 0 amide bonds. The van der Waals surface area contributed by atoms with E-state index in [-0.39, 0.29) is 11.5 Å². The minimum atomic E-state index is -1.15. The maximum absolute atomic E-state index is 10.8. The molecule has 0 aliphatic heterocycles. The quantitative estimate of drug-likeness (QED) is 0.639. The summed E-state index contributed by atoms with van der Waals surface area (Å²) in [7, 11) is 2.70. The highest BCUT2D eigenvalue weighted by molar-refractivity contribution is 5.92. The zero-order chi connectivity index (χ0) is 14.8. The zero-order valence-corrected chi connectivity index (χ0v) is 10.9. The van der Waals surface area contributed by atoms with Crippen LogP contribution in [-0.4, -0.2) is 36.4 Å². The Kier molecular flexibility index (Phi) is 7.44. The van der Waals surface area contributed by atoms with E-state index in [0.29, 0.717) is 5.56 Å². The minimum absolute atomic E-state index is 0.205. The fourth-order valence-corrected chi connectivity index (χ4v) is 1.21. The first-order chi connectivity index (χ1) is 8.93. The molecular formula is C13H16O6. The van der Waals surface area contributed by atoms with Crippen molar-refractivity contribution in [1.82, 2.24) is 0 Å². The molecule has 6 heteroatoms. The lowest BCUT2D eigenvalue weighted by atomic mass is 10.1. The number of methoxy groups -OCH3 is 2. The first-order valence-corrected chi connectivity index (χ1v) is 5.24. The summed E-state index contributed by atoms with van der Waals surface area (Å²) in [5.74, 6) is -1.98. The van der Waals surface area contributed by atoms with Crippen molar-refractivity contribution in [3.8, 4) is 0 Å². The first kappa shape index (κ1) is 16.5. The van der Waals surface area contributed by atoms with Crippen LogP contribution in [0.15, 0.2) is 36.1 Å². The molecule has 0 saturated heterocycles. The first-order valence-electron chi connectivity index (χ1n) is 5.24. The van der Waals surface area contributed by atoms with Crippen molar-refractivity contribution < 1.29 is 29.3 Å². The van der Waals surface area contributed by atoms with Crippen molar-refractivity contribution in [3.63, 3.8) is 0 Å². The second kappa shape index (κ2) is 8.57. The average molecular weight is 268 g/mol. The summed E-state index contributed by atoms with van der Waals surface area (Å²) in [5, 5.41) is 16.3. The molecule has 0 unspecified atom stereocenters. The lowest BCUT2D eigenvalue weighted by Crippen LogP contribution is -2.07. The molecule has 1 aromatic carbocycles.